The predicted molar refractivity (Wildman–Crippen MR) is 104 cm³/mol. The van der Waals surface area contributed by atoms with Gasteiger partial charge in [-0.05, 0) is 55.1 Å². The van der Waals surface area contributed by atoms with E-state index in [2.05, 4.69) is 21.7 Å². The molecule has 146 valence electrons. The summed E-state index contributed by atoms with van der Waals surface area (Å²) in [6.07, 6.45) is 4.70. The zero-order chi connectivity index (χ0) is 19.8. The molecule has 7 heteroatoms. The van der Waals surface area contributed by atoms with E-state index in [4.69, 9.17) is 14.7 Å². The molecule has 0 aliphatic carbocycles. The summed E-state index contributed by atoms with van der Waals surface area (Å²) in [5.74, 6) is 0.823. The summed E-state index contributed by atoms with van der Waals surface area (Å²) in [7, 11) is 1.64. The van der Waals surface area contributed by atoms with Crippen LogP contribution < -0.4 is 15.4 Å². The van der Waals surface area contributed by atoms with Crippen molar-refractivity contribution < 1.29 is 14.3 Å². The first-order valence-electron chi connectivity index (χ1n) is 9.33. The number of pyridine rings is 1. The number of alkyl carbamates (subject to hydrolysis) is 1. The van der Waals surface area contributed by atoms with Gasteiger partial charge < -0.3 is 20.1 Å². The maximum atomic E-state index is 12.2. The normalized spacial score (nSPS) is 18.3. The molecule has 7 nitrogen and oxygen atoms in total. The Hall–Kier alpha value is -3.11. The van der Waals surface area contributed by atoms with E-state index in [1.807, 2.05) is 24.3 Å². The van der Waals surface area contributed by atoms with Crippen molar-refractivity contribution in [1.29, 1.82) is 5.26 Å². The molecule has 1 aromatic carbocycles. The molecule has 2 atom stereocenters. The maximum Gasteiger partial charge on any atom is 0.407 e. The maximum absolute atomic E-state index is 12.2. The first-order valence-corrected chi connectivity index (χ1v) is 9.33. The lowest BCUT2D eigenvalue weighted by Crippen LogP contribution is -2.38. The number of aromatic nitrogens is 1. The topological polar surface area (TPSA) is 96.3 Å². The van der Waals surface area contributed by atoms with Gasteiger partial charge in [-0.25, -0.2) is 4.79 Å². The SMILES string of the molecule is COc1ccc(CC2NCCC2OC(=O)NCCc2ccncc2C#N)cc1. The van der Waals surface area contributed by atoms with Gasteiger partial charge in [0.2, 0.25) is 0 Å². The van der Waals surface area contributed by atoms with Crippen LogP contribution in [0.5, 0.6) is 5.75 Å². The van der Waals surface area contributed by atoms with E-state index in [1.165, 1.54) is 6.20 Å². The van der Waals surface area contributed by atoms with Crippen LogP contribution in [0.15, 0.2) is 42.7 Å². The lowest BCUT2D eigenvalue weighted by atomic mass is 10.0. The molecule has 1 aliphatic heterocycles. The molecule has 28 heavy (non-hydrogen) atoms. The molecular weight excluding hydrogens is 356 g/mol. The Morgan fingerprint density at radius 1 is 1.36 bits per heavy atom. The highest BCUT2D eigenvalue weighted by Gasteiger charge is 2.30. The summed E-state index contributed by atoms with van der Waals surface area (Å²) in [4.78, 5) is 16.1. The third-order valence-electron chi connectivity index (χ3n) is 4.85. The minimum Gasteiger partial charge on any atom is -0.497 e. The molecule has 0 bridgehead atoms. The summed E-state index contributed by atoms with van der Waals surface area (Å²) >= 11 is 0. The first-order chi connectivity index (χ1) is 13.7. The highest BCUT2D eigenvalue weighted by atomic mass is 16.6. The second kappa shape index (κ2) is 9.72. The molecule has 1 aliphatic rings. The number of benzene rings is 1. The zero-order valence-corrected chi connectivity index (χ0v) is 15.9. The summed E-state index contributed by atoms with van der Waals surface area (Å²) in [6.45, 7) is 1.22. The molecule has 0 saturated carbocycles. The molecule has 2 aromatic rings. The minimum atomic E-state index is -0.430. The van der Waals surface area contributed by atoms with Crippen LogP contribution >= 0.6 is 0 Å². The van der Waals surface area contributed by atoms with Gasteiger partial charge in [-0.3, -0.25) is 4.98 Å². The number of rotatable bonds is 7. The van der Waals surface area contributed by atoms with Gasteiger partial charge in [0.1, 0.15) is 17.9 Å². The zero-order valence-electron chi connectivity index (χ0n) is 15.9. The Balaban J connectivity index is 1.46. The first kappa shape index (κ1) is 19.6. The molecule has 2 unspecified atom stereocenters. The minimum absolute atomic E-state index is 0.0875. The number of amides is 1. The van der Waals surface area contributed by atoms with Crippen molar-refractivity contribution in [3.63, 3.8) is 0 Å². The largest absolute Gasteiger partial charge is 0.497 e. The molecular formula is C21H24N4O3. The number of methoxy groups -OCH3 is 1. The fraction of sp³-hybridized carbons (Fsp3) is 0.381. The van der Waals surface area contributed by atoms with E-state index in [1.54, 1.807) is 19.4 Å². The van der Waals surface area contributed by atoms with E-state index in [0.29, 0.717) is 18.5 Å². The fourth-order valence-electron chi connectivity index (χ4n) is 3.32. The van der Waals surface area contributed by atoms with Crippen LogP contribution in [0.3, 0.4) is 0 Å². The van der Waals surface area contributed by atoms with Gasteiger partial charge in [0.15, 0.2) is 0 Å². The van der Waals surface area contributed by atoms with Gasteiger partial charge >= 0.3 is 6.09 Å². The predicted octanol–water partition coefficient (Wildman–Crippen LogP) is 2.20. The van der Waals surface area contributed by atoms with Crippen LogP contribution in [0.2, 0.25) is 0 Å². The number of carbonyl (C=O) groups is 1. The van der Waals surface area contributed by atoms with Gasteiger partial charge in [0, 0.05) is 25.0 Å². The number of nitrogens with zero attached hydrogens (tertiary/aromatic N) is 2. The molecule has 1 fully saturated rings. The summed E-state index contributed by atoms with van der Waals surface area (Å²) < 4.78 is 10.8. The average Bonchev–Trinajstić information content (AvgIpc) is 3.15. The van der Waals surface area contributed by atoms with Crippen LogP contribution in [0.25, 0.3) is 0 Å². The van der Waals surface area contributed by atoms with Gasteiger partial charge in [-0.15, -0.1) is 0 Å². The third kappa shape index (κ3) is 5.21. The number of carbonyl (C=O) groups excluding carboxylic acids is 1. The highest BCUT2D eigenvalue weighted by molar-refractivity contribution is 5.67. The average molecular weight is 380 g/mol. The van der Waals surface area contributed by atoms with E-state index in [9.17, 15) is 4.79 Å². The monoisotopic (exact) mass is 380 g/mol. The van der Waals surface area contributed by atoms with E-state index >= 15 is 0 Å². The fourth-order valence-corrected chi connectivity index (χ4v) is 3.32. The number of hydrogen-bond acceptors (Lipinski definition) is 6. The molecule has 1 amide bonds. The van der Waals surface area contributed by atoms with Crippen molar-refractivity contribution in [2.75, 3.05) is 20.2 Å². The van der Waals surface area contributed by atoms with Crippen molar-refractivity contribution in [2.24, 2.45) is 0 Å². The van der Waals surface area contributed by atoms with Crippen LogP contribution in [0.4, 0.5) is 4.79 Å². The summed E-state index contributed by atoms with van der Waals surface area (Å²) in [5.41, 5.74) is 2.55. The Labute approximate surface area is 164 Å². The second-order valence-corrected chi connectivity index (χ2v) is 6.67. The summed E-state index contributed by atoms with van der Waals surface area (Å²) in [6, 6.07) is 11.9. The van der Waals surface area contributed by atoms with Gasteiger partial charge in [-0.1, -0.05) is 12.1 Å². The third-order valence-corrected chi connectivity index (χ3v) is 4.85. The van der Waals surface area contributed by atoms with Gasteiger partial charge in [-0.2, -0.15) is 5.26 Å². The van der Waals surface area contributed by atoms with Crippen LogP contribution in [-0.4, -0.2) is 43.4 Å². The second-order valence-electron chi connectivity index (χ2n) is 6.67. The molecule has 2 N–H and O–H groups in total. The van der Waals surface area contributed by atoms with Gasteiger partial charge in [0.05, 0.1) is 12.7 Å². The smallest absolute Gasteiger partial charge is 0.407 e. The van der Waals surface area contributed by atoms with Crippen molar-refractivity contribution in [3.8, 4) is 11.8 Å². The lowest BCUT2D eigenvalue weighted by Gasteiger charge is -2.20. The standard InChI is InChI=1S/C21H24N4O3/c1-27-18-4-2-15(3-5-18)12-19-20(8-11-24-19)28-21(26)25-10-7-16-6-9-23-14-17(16)13-22/h2-6,9,14,19-20,24H,7-8,10-12H2,1H3,(H,25,26). The van der Waals surface area contributed by atoms with E-state index in [-0.39, 0.29) is 12.1 Å². The van der Waals surface area contributed by atoms with Crippen LogP contribution in [0, 0.1) is 11.3 Å². The number of nitrogens with one attached hydrogen (secondary N) is 2. The van der Waals surface area contributed by atoms with Crippen molar-refractivity contribution >= 4 is 6.09 Å². The molecule has 1 saturated heterocycles. The van der Waals surface area contributed by atoms with Gasteiger partial charge in [0.25, 0.3) is 0 Å². The molecule has 0 radical (unpaired) electrons. The van der Waals surface area contributed by atoms with Crippen LogP contribution in [0.1, 0.15) is 23.1 Å². The number of nitriles is 1. The van der Waals surface area contributed by atoms with E-state index < -0.39 is 6.09 Å². The van der Waals surface area contributed by atoms with Crippen molar-refractivity contribution in [2.45, 2.75) is 31.4 Å². The molecule has 3 rings (SSSR count). The Bertz CT molecular complexity index is 832. The lowest BCUT2D eigenvalue weighted by molar-refractivity contribution is 0.0902. The molecule has 1 aromatic heterocycles. The summed E-state index contributed by atoms with van der Waals surface area (Å²) in [5, 5.41) is 15.3. The van der Waals surface area contributed by atoms with E-state index in [0.717, 1.165) is 36.3 Å². The number of ether oxygens (including phenoxy) is 2. The Kier molecular flexibility index (Phi) is 6.82. The quantitative estimate of drug-likeness (QED) is 0.764. The Morgan fingerprint density at radius 3 is 2.93 bits per heavy atom. The van der Waals surface area contributed by atoms with Crippen molar-refractivity contribution in [3.05, 3.63) is 59.4 Å². The van der Waals surface area contributed by atoms with Crippen molar-refractivity contribution in [1.82, 2.24) is 15.6 Å². The molecule has 0 spiro atoms. The molecule has 2 heterocycles. The van der Waals surface area contributed by atoms with Crippen LogP contribution in [-0.2, 0) is 17.6 Å². The number of hydrogen-bond donors (Lipinski definition) is 2. The highest BCUT2D eigenvalue weighted by Crippen LogP contribution is 2.18. The Morgan fingerprint density at radius 2 is 2.18 bits per heavy atom.